The van der Waals surface area contributed by atoms with E-state index >= 15 is 0 Å². The van der Waals surface area contributed by atoms with Crippen molar-refractivity contribution < 1.29 is 24.2 Å². The van der Waals surface area contributed by atoms with Crippen LogP contribution in [0.5, 0.6) is 5.75 Å². The van der Waals surface area contributed by atoms with Crippen LogP contribution in [0.15, 0.2) is 53.5 Å². The Bertz CT molecular complexity index is 1010. The van der Waals surface area contributed by atoms with Gasteiger partial charge in [-0.05, 0) is 53.2 Å². The zero-order chi connectivity index (χ0) is 25.4. The fourth-order valence-corrected chi connectivity index (χ4v) is 3.14. The molecule has 2 amide bonds. The molecule has 0 aromatic heterocycles. The highest BCUT2D eigenvalue weighted by Gasteiger charge is 2.28. The predicted molar refractivity (Wildman–Crippen MR) is 132 cm³/mol. The second kappa shape index (κ2) is 11.4. The normalized spacial score (nSPS) is 12.0. The van der Waals surface area contributed by atoms with Crippen molar-refractivity contribution in [3.8, 4) is 5.75 Å². The summed E-state index contributed by atoms with van der Waals surface area (Å²) in [5.74, 6) is 0.613. The van der Waals surface area contributed by atoms with Gasteiger partial charge in [0.15, 0.2) is 0 Å². The van der Waals surface area contributed by atoms with Gasteiger partial charge in [0.05, 0.1) is 11.2 Å². The van der Waals surface area contributed by atoms with Crippen molar-refractivity contribution in [3.63, 3.8) is 0 Å². The molecule has 9 nitrogen and oxygen atoms in total. The van der Waals surface area contributed by atoms with Crippen molar-refractivity contribution in [2.75, 3.05) is 11.9 Å². The monoisotopic (exact) mass is 470 g/mol. The number of rotatable bonds is 7. The molecule has 0 saturated heterocycles. The number of aliphatic imine (C=N–C) groups is 1. The lowest BCUT2D eigenvalue weighted by Gasteiger charge is -2.29. The second-order valence-corrected chi connectivity index (χ2v) is 9.09. The summed E-state index contributed by atoms with van der Waals surface area (Å²) in [6, 6.07) is 14.9. The maximum absolute atomic E-state index is 12.3. The third-order valence-electron chi connectivity index (χ3n) is 4.52. The Morgan fingerprint density at radius 2 is 1.68 bits per heavy atom. The van der Waals surface area contributed by atoms with E-state index in [1.807, 2.05) is 37.3 Å². The number of alkyl carbamates (subject to hydrolysis) is 1. The lowest BCUT2D eigenvalue weighted by atomic mass is 9.92. The largest absolute Gasteiger partial charge is 0.486 e. The van der Waals surface area contributed by atoms with Crippen LogP contribution in [0.3, 0.4) is 0 Å². The van der Waals surface area contributed by atoms with Crippen molar-refractivity contribution in [1.29, 1.82) is 0 Å². The first-order valence-electron chi connectivity index (χ1n) is 11.0. The minimum atomic E-state index is -1.16. The summed E-state index contributed by atoms with van der Waals surface area (Å²) < 4.78 is 11.5. The van der Waals surface area contributed by atoms with Gasteiger partial charge in [-0.15, -0.1) is 0 Å². The third kappa shape index (κ3) is 8.31. The van der Waals surface area contributed by atoms with Crippen LogP contribution in [0, 0.1) is 0 Å². The van der Waals surface area contributed by atoms with E-state index in [0.29, 0.717) is 23.5 Å². The summed E-state index contributed by atoms with van der Waals surface area (Å²) in [4.78, 5) is 28.0. The number of ether oxygens (including phenoxy) is 2. The number of hydrogen-bond acceptors (Lipinski definition) is 5. The molecule has 34 heavy (non-hydrogen) atoms. The summed E-state index contributed by atoms with van der Waals surface area (Å²) in [6.45, 7) is 11.3. The number of amides is 2. The molecule has 0 unspecified atom stereocenters. The fourth-order valence-electron chi connectivity index (χ4n) is 3.14. The van der Waals surface area contributed by atoms with Gasteiger partial charge < -0.3 is 25.2 Å². The van der Waals surface area contributed by atoms with E-state index in [2.05, 4.69) is 20.9 Å². The minimum Gasteiger partial charge on any atom is -0.486 e. The van der Waals surface area contributed by atoms with Crippen LogP contribution in [0.25, 0.3) is 0 Å². The molecule has 0 heterocycles. The Balaban J connectivity index is 2.42. The van der Waals surface area contributed by atoms with E-state index in [-0.39, 0.29) is 12.6 Å². The first-order chi connectivity index (χ1) is 15.9. The number of carbonyl (C=O) groups excluding carboxylic acids is 1. The number of benzene rings is 2. The summed E-state index contributed by atoms with van der Waals surface area (Å²) >= 11 is 0. The van der Waals surface area contributed by atoms with E-state index in [9.17, 15) is 14.7 Å². The van der Waals surface area contributed by atoms with Crippen LogP contribution in [-0.2, 0) is 16.9 Å². The van der Waals surface area contributed by atoms with E-state index in [0.717, 1.165) is 5.56 Å². The first-order valence-corrected chi connectivity index (χ1v) is 11.0. The van der Waals surface area contributed by atoms with Gasteiger partial charge >= 0.3 is 12.2 Å². The van der Waals surface area contributed by atoms with E-state index in [1.54, 1.807) is 52.8 Å². The Kier molecular flexibility index (Phi) is 8.89. The van der Waals surface area contributed by atoms with Gasteiger partial charge in [-0.25, -0.2) is 9.59 Å². The van der Waals surface area contributed by atoms with Gasteiger partial charge in [0, 0.05) is 12.1 Å². The molecular formula is C25H34N4O5. The number of nitrogens with one attached hydrogen (secondary N) is 3. The number of para-hydroxylation sites is 1. The van der Waals surface area contributed by atoms with Crippen molar-refractivity contribution in [3.05, 3.63) is 59.7 Å². The molecule has 0 radical (unpaired) electrons. The Morgan fingerprint density at radius 1 is 1.00 bits per heavy atom. The maximum atomic E-state index is 12.3. The van der Waals surface area contributed by atoms with Crippen LogP contribution in [-0.4, -0.2) is 35.4 Å². The van der Waals surface area contributed by atoms with Gasteiger partial charge in [0.25, 0.3) is 0 Å². The molecule has 9 heteroatoms. The van der Waals surface area contributed by atoms with Gasteiger partial charge in [-0.1, -0.05) is 42.5 Å². The van der Waals surface area contributed by atoms with Crippen molar-refractivity contribution in [2.24, 2.45) is 4.99 Å². The quantitative estimate of drug-likeness (QED) is 0.331. The summed E-state index contributed by atoms with van der Waals surface area (Å²) in [5.41, 5.74) is 0.441. The molecule has 0 aliphatic carbocycles. The fraction of sp³-hybridized carbons (Fsp3) is 0.400. The smallest absolute Gasteiger partial charge is 0.414 e. The molecule has 184 valence electrons. The van der Waals surface area contributed by atoms with Crippen LogP contribution in [0.2, 0.25) is 0 Å². The van der Waals surface area contributed by atoms with Crippen molar-refractivity contribution in [1.82, 2.24) is 10.6 Å². The number of anilines is 1. The second-order valence-electron chi connectivity index (χ2n) is 9.09. The number of carbonyl (C=O) groups is 2. The predicted octanol–water partition coefficient (Wildman–Crippen LogP) is 5.08. The first kappa shape index (κ1) is 26.5. The maximum Gasteiger partial charge on any atom is 0.414 e. The van der Waals surface area contributed by atoms with Crippen LogP contribution in [0.4, 0.5) is 15.3 Å². The molecule has 2 aromatic rings. The molecule has 2 aromatic carbocycles. The van der Waals surface area contributed by atoms with E-state index in [4.69, 9.17) is 9.47 Å². The minimum absolute atomic E-state index is 0.183. The van der Waals surface area contributed by atoms with E-state index < -0.39 is 23.3 Å². The summed E-state index contributed by atoms with van der Waals surface area (Å²) in [7, 11) is 0. The molecule has 0 saturated carbocycles. The van der Waals surface area contributed by atoms with Crippen LogP contribution >= 0.6 is 0 Å². The van der Waals surface area contributed by atoms with Gasteiger partial charge in [-0.3, -0.25) is 10.3 Å². The zero-order valence-corrected chi connectivity index (χ0v) is 20.6. The molecule has 0 atom stereocenters. The van der Waals surface area contributed by atoms with Gasteiger partial charge in [0.1, 0.15) is 18.0 Å². The highest BCUT2D eigenvalue weighted by Crippen LogP contribution is 2.36. The zero-order valence-electron chi connectivity index (χ0n) is 20.6. The van der Waals surface area contributed by atoms with Crippen LogP contribution in [0.1, 0.15) is 52.7 Å². The Hall–Kier alpha value is -3.75. The standard InChI is InChI=1S/C25H34N4O5/c1-7-26-21(28-23(32)34-24(2,3)4)27-19-15-11-14-18(25(5,6)29-22(30)31)20(19)33-16-17-12-9-8-10-13-17/h8-15,29H,7,16H2,1-6H3,(H,30,31)(H2,26,27,28,32). The Labute approximate surface area is 200 Å². The molecule has 0 aliphatic heterocycles. The van der Waals surface area contributed by atoms with Gasteiger partial charge in [0.2, 0.25) is 5.96 Å². The lowest BCUT2D eigenvalue weighted by molar-refractivity contribution is 0.0563. The average molecular weight is 471 g/mol. The molecule has 0 aliphatic rings. The number of hydrogen-bond donors (Lipinski definition) is 4. The molecule has 4 N–H and O–H groups in total. The average Bonchev–Trinajstić information content (AvgIpc) is 2.71. The third-order valence-corrected chi connectivity index (χ3v) is 4.52. The molecular weight excluding hydrogens is 436 g/mol. The molecule has 0 bridgehead atoms. The Morgan fingerprint density at radius 3 is 2.26 bits per heavy atom. The molecule has 0 fully saturated rings. The number of nitrogens with zero attached hydrogens (tertiary/aromatic N) is 1. The molecule has 0 spiro atoms. The topological polar surface area (TPSA) is 121 Å². The SMILES string of the molecule is CCN=C(NC(=O)OC(C)(C)C)Nc1cccc(C(C)(C)NC(=O)O)c1OCc1ccccc1. The highest BCUT2D eigenvalue weighted by molar-refractivity contribution is 6.03. The van der Waals surface area contributed by atoms with Gasteiger partial charge in [-0.2, -0.15) is 0 Å². The summed E-state index contributed by atoms with van der Waals surface area (Å²) in [5, 5.41) is 17.6. The van der Waals surface area contributed by atoms with Crippen molar-refractivity contribution in [2.45, 2.75) is 59.3 Å². The number of guanidine groups is 1. The number of carboxylic acid groups (broad SMARTS) is 1. The van der Waals surface area contributed by atoms with Crippen molar-refractivity contribution >= 4 is 23.8 Å². The lowest BCUT2D eigenvalue weighted by Crippen LogP contribution is -2.41. The summed E-state index contributed by atoms with van der Waals surface area (Å²) in [6.07, 6.45) is -1.81. The van der Waals surface area contributed by atoms with Crippen LogP contribution < -0.4 is 20.7 Å². The van der Waals surface area contributed by atoms with E-state index in [1.165, 1.54) is 0 Å². The highest BCUT2D eigenvalue weighted by atomic mass is 16.6. The molecule has 2 rings (SSSR count).